The zero-order valence-electron chi connectivity index (χ0n) is 17.5. The number of ether oxygens (including phenoxy) is 2. The smallest absolute Gasteiger partial charge is 0.234 e. The summed E-state index contributed by atoms with van der Waals surface area (Å²) in [4.78, 5) is 18.0. The number of aromatic nitrogens is 4. The normalized spacial score (nSPS) is 12.9. The predicted octanol–water partition coefficient (Wildman–Crippen LogP) is 5.16. The third-order valence-electron chi connectivity index (χ3n) is 5.26. The molecule has 2 aromatic carbocycles. The summed E-state index contributed by atoms with van der Waals surface area (Å²) >= 11 is 8.89. The molecule has 11 heteroatoms. The van der Waals surface area contributed by atoms with E-state index in [-0.39, 0.29) is 11.7 Å². The summed E-state index contributed by atoms with van der Waals surface area (Å²) in [6, 6.07) is 13.0. The van der Waals surface area contributed by atoms with Crippen LogP contribution in [0.2, 0.25) is 5.02 Å². The molecule has 34 heavy (non-hydrogen) atoms. The molecule has 0 saturated carbocycles. The Labute approximate surface area is 206 Å². The minimum absolute atomic E-state index is 0.162. The molecule has 4 heterocycles. The van der Waals surface area contributed by atoms with Gasteiger partial charge in [-0.1, -0.05) is 35.5 Å². The lowest BCUT2D eigenvalue weighted by molar-refractivity contribution is -0.113. The maximum absolute atomic E-state index is 12.6. The molecule has 0 fully saturated rings. The van der Waals surface area contributed by atoms with Crippen molar-refractivity contribution < 1.29 is 14.3 Å². The summed E-state index contributed by atoms with van der Waals surface area (Å²) in [6.07, 6.45) is 1.70. The van der Waals surface area contributed by atoms with Crippen LogP contribution in [0.1, 0.15) is 0 Å². The summed E-state index contributed by atoms with van der Waals surface area (Å²) in [7, 11) is 0. The first-order chi connectivity index (χ1) is 16.7. The summed E-state index contributed by atoms with van der Waals surface area (Å²) in [5, 5.41) is 15.9. The maximum atomic E-state index is 12.6. The van der Waals surface area contributed by atoms with Gasteiger partial charge in [0.1, 0.15) is 24.4 Å². The number of hydrogen-bond donors (Lipinski definition) is 1. The number of thioether (sulfide) groups is 1. The van der Waals surface area contributed by atoms with Gasteiger partial charge in [0.25, 0.3) is 0 Å². The average Bonchev–Trinajstić information content (AvgIpc) is 3.47. The van der Waals surface area contributed by atoms with Crippen LogP contribution in [0.25, 0.3) is 27.0 Å². The SMILES string of the molecule is O=C(CSc1nnc2c3c(-c4ccc(Cl)cc4)csc3ncn12)Nc1ccc2c(c1)OCCO2. The topological polar surface area (TPSA) is 90.6 Å². The second-order valence-electron chi connectivity index (χ2n) is 7.45. The fraction of sp³-hybridized carbons (Fsp3) is 0.130. The van der Waals surface area contributed by atoms with Crippen molar-refractivity contribution in [3.63, 3.8) is 0 Å². The van der Waals surface area contributed by atoms with Crippen LogP contribution in [0.15, 0.2) is 59.3 Å². The molecular formula is C23H16ClN5O3S2. The molecule has 1 aliphatic rings. The molecule has 0 bridgehead atoms. The number of halogens is 1. The molecule has 5 aromatic rings. The lowest BCUT2D eigenvalue weighted by atomic mass is 10.1. The predicted molar refractivity (Wildman–Crippen MR) is 133 cm³/mol. The lowest BCUT2D eigenvalue weighted by Crippen LogP contribution is -2.17. The van der Waals surface area contributed by atoms with Gasteiger partial charge >= 0.3 is 0 Å². The van der Waals surface area contributed by atoms with Gasteiger partial charge in [-0.05, 0) is 29.8 Å². The van der Waals surface area contributed by atoms with Crippen LogP contribution in [0.3, 0.4) is 0 Å². The third-order valence-corrected chi connectivity index (χ3v) is 7.35. The quantitative estimate of drug-likeness (QED) is 0.327. The van der Waals surface area contributed by atoms with Gasteiger partial charge in [0, 0.05) is 27.7 Å². The van der Waals surface area contributed by atoms with Gasteiger partial charge in [-0.15, -0.1) is 21.5 Å². The maximum Gasteiger partial charge on any atom is 0.234 e. The summed E-state index contributed by atoms with van der Waals surface area (Å²) in [5.74, 6) is 1.31. The number of thiophene rings is 1. The third kappa shape index (κ3) is 3.93. The summed E-state index contributed by atoms with van der Waals surface area (Å²) in [6.45, 7) is 1.01. The van der Waals surface area contributed by atoms with Gasteiger partial charge in [-0.25, -0.2) is 4.98 Å². The van der Waals surface area contributed by atoms with Gasteiger partial charge < -0.3 is 14.8 Å². The van der Waals surface area contributed by atoms with E-state index >= 15 is 0 Å². The largest absolute Gasteiger partial charge is 0.486 e. The van der Waals surface area contributed by atoms with Crippen molar-refractivity contribution >= 4 is 62.2 Å². The van der Waals surface area contributed by atoms with E-state index in [1.807, 2.05) is 28.7 Å². The molecule has 0 spiro atoms. The molecule has 0 radical (unpaired) electrons. The zero-order valence-corrected chi connectivity index (χ0v) is 19.9. The molecule has 1 N–H and O–H groups in total. The van der Waals surface area contributed by atoms with E-state index in [9.17, 15) is 4.79 Å². The number of amides is 1. The average molecular weight is 510 g/mol. The Morgan fingerprint density at radius 3 is 2.79 bits per heavy atom. The number of hydrogen-bond acceptors (Lipinski definition) is 8. The number of rotatable bonds is 5. The minimum Gasteiger partial charge on any atom is -0.486 e. The van der Waals surface area contributed by atoms with Gasteiger partial charge in [0.05, 0.1) is 11.1 Å². The lowest BCUT2D eigenvalue weighted by Gasteiger charge is -2.18. The first-order valence-corrected chi connectivity index (χ1v) is 12.6. The number of nitrogens with one attached hydrogen (secondary N) is 1. The second kappa shape index (κ2) is 8.79. The molecule has 8 nitrogen and oxygen atoms in total. The Morgan fingerprint density at radius 2 is 1.94 bits per heavy atom. The standard InChI is InChI=1S/C23H16ClN5O3S2/c24-14-3-1-13(2-4-14)16-10-33-22-20(16)21-27-28-23(29(21)12-25-22)34-11-19(30)26-15-5-6-17-18(9-15)32-8-7-31-17/h1-6,9-10,12H,7-8,11H2,(H,26,30). The van der Waals surface area contributed by atoms with Crippen molar-refractivity contribution in [3.8, 4) is 22.6 Å². The van der Waals surface area contributed by atoms with E-state index < -0.39 is 0 Å². The Kier molecular flexibility index (Phi) is 5.48. The van der Waals surface area contributed by atoms with Gasteiger partial charge in [-0.2, -0.15) is 0 Å². The van der Waals surface area contributed by atoms with Crippen LogP contribution >= 0.6 is 34.7 Å². The van der Waals surface area contributed by atoms with Crippen molar-refractivity contribution in [1.82, 2.24) is 19.6 Å². The molecule has 3 aromatic heterocycles. The summed E-state index contributed by atoms with van der Waals surface area (Å²) < 4.78 is 12.9. The first kappa shape index (κ1) is 21.2. The number of fused-ring (bicyclic) bond motifs is 4. The fourth-order valence-corrected chi connectivity index (χ4v) is 5.45. The second-order valence-corrected chi connectivity index (χ2v) is 9.69. The first-order valence-electron chi connectivity index (χ1n) is 10.3. The van der Waals surface area contributed by atoms with Crippen molar-refractivity contribution in [1.29, 1.82) is 0 Å². The van der Waals surface area contributed by atoms with Gasteiger partial charge in [0.2, 0.25) is 5.91 Å². The number of nitrogens with zero attached hydrogens (tertiary/aromatic N) is 4. The van der Waals surface area contributed by atoms with Crippen molar-refractivity contribution in [2.45, 2.75) is 5.16 Å². The van der Waals surface area contributed by atoms with Crippen LogP contribution in [0.5, 0.6) is 11.5 Å². The molecular weight excluding hydrogens is 494 g/mol. The van der Waals surface area contributed by atoms with Crippen molar-refractivity contribution in [2.24, 2.45) is 0 Å². The molecule has 6 rings (SSSR count). The number of benzene rings is 2. The highest BCUT2D eigenvalue weighted by Crippen LogP contribution is 2.36. The zero-order chi connectivity index (χ0) is 23.1. The Hall–Kier alpha value is -3.34. The number of carbonyl (C=O) groups excluding carboxylic acids is 1. The molecule has 1 amide bonds. The minimum atomic E-state index is -0.162. The number of anilines is 1. The van der Waals surface area contributed by atoms with E-state index in [4.69, 9.17) is 21.1 Å². The molecule has 0 aliphatic carbocycles. The van der Waals surface area contributed by atoms with Crippen LogP contribution in [-0.2, 0) is 4.79 Å². The fourth-order valence-electron chi connectivity index (χ4n) is 3.71. The van der Waals surface area contributed by atoms with Gasteiger partial charge in [0.15, 0.2) is 22.3 Å². The molecule has 170 valence electrons. The Bertz CT molecular complexity index is 1530. The van der Waals surface area contributed by atoms with E-state index in [1.54, 1.807) is 35.9 Å². The van der Waals surface area contributed by atoms with Crippen LogP contribution in [0, 0.1) is 0 Å². The summed E-state index contributed by atoms with van der Waals surface area (Å²) in [5.41, 5.74) is 3.40. The van der Waals surface area contributed by atoms with E-state index in [2.05, 4.69) is 25.9 Å². The molecule has 0 atom stereocenters. The number of carbonyl (C=O) groups is 1. The molecule has 0 saturated heterocycles. The Morgan fingerprint density at radius 1 is 1.12 bits per heavy atom. The van der Waals surface area contributed by atoms with E-state index in [0.29, 0.717) is 46.2 Å². The molecule has 1 aliphatic heterocycles. The van der Waals surface area contributed by atoms with Crippen molar-refractivity contribution in [2.75, 3.05) is 24.3 Å². The van der Waals surface area contributed by atoms with Gasteiger partial charge in [-0.3, -0.25) is 9.20 Å². The highest BCUT2D eigenvalue weighted by molar-refractivity contribution is 7.99. The highest BCUT2D eigenvalue weighted by Gasteiger charge is 2.17. The van der Waals surface area contributed by atoms with Crippen LogP contribution < -0.4 is 14.8 Å². The van der Waals surface area contributed by atoms with E-state index in [0.717, 1.165) is 21.3 Å². The van der Waals surface area contributed by atoms with Crippen LogP contribution in [0.4, 0.5) is 5.69 Å². The van der Waals surface area contributed by atoms with Crippen molar-refractivity contribution in [3.05, 3.63) is 59.2 Å². The van der Waals surface area contributed by atoms with E-state index in [1.165, 1.54) is 11.8 Å². The monoisotopic (exact) mass is 509 g/mol. The Balaban J connectivity index is 1.22. The molecule has 0 unspecified atom stereocenters. The highest BCUT2D eigenvalue weighted by atomic mass is 35.5. The van der Waals surface area contributed by atoms with Crippen LogP contribution in [-0.4, -0.2) is 44.5 Å².